The molecule has 2 N–H and O–H groups in total. The second kappa shape index (κ2) is 7.92. The molecule has 1 aliphatic rings. The Morgan fingerprint density at radius 1 is 1.25 bits per heavy atom. The number of nitrogens with zero attached hydrogens (tertiary/aromatic N) is 4. The van der Waals surface area contributed by atoms with Crippen molar-refractivity contribution >= 4 is 28.5 Å². The van der Waals surface area contributed by atoms with Gasteiger partial charge in [0.15, 0.2) is 0 Å². The van der Waals surface area contributed by atoms with E-state index in [2.05, 4.69) is 25.5 Å². The number of fused-ring (bicyclic) bond motifs is 2. The molecule has 0 saturated carbocycles. The summed E-state index contributed by atoms with van der Waals surface area (Å²) in [5, 5.41) is 10.6. The Labute approximate surface area is 183 Å². The highest BCUT2D eigenvalue weighted by Crippen LogP contribution is 2.30. The maximum atomic E-state index is 13.1. The fourth-order valence-electron chi connectivity index (χ4n) is 4.05. The lowest BCUT2D eigenvalue weighted by molar-refractivity contribution is -0.120. The molecule has 9 heteroatoms. The van der Waals surface area contributed by atoms with Crippen LogP contribution in [0.2, 0.25) is 0 Å². The number of carbonyl (C=O) groups is 2. The minimum atomic E-state index is -0.697. The second-order valence-electron chi connectivity index (χ2n) is 7.95. The van der Waals surface area contributed by atoms with Gasteiger partial charge in [0.1, 0.15) is 11.9 Å². The number of hydrogen-bond donors (Lipinski definition) is 2. The van der Waals surface area contributed by atoms with Crippen LogP contribution in [-0.4, -0.2) is 45.1 Å². The predicted molar refractivity (Wildman–Crippen MR) is 117 cm³/mol. The van der Waals surface area contributed by atoms with Crippen molar-refractivity contribution < 1.29 is 14.0 Å². The Bertz CT molecular complexity index is 1310. The van der Waals surface area contributed by atoms with Gasteiger partial charge in [-0.05, 0) is 43.0 Å². The van der Waals surface area contributed by atoms with E-state index >= 15 is 0 Å². The molecule has 2 aromatic heterocycles. The van der Waals surface area contributed by atoms with Crippen LogP contribution >= 0.6 is 0 Å². The summed E-state index contributed by atoms with van der Waals surface area (Å²) in [6.45, 7) is 1.90. The molecule has 2 aromatic carbocycles. The number of aromatic nitrogens is 4. The lowest BCUT2D eigenvalue weighted by Gasteiger charge is -2.21. The summed E-state index contributed by atoms with van der Waals surface area (Å²) in [6.07, 6.45) is 1.53. The van der Waals surface area contributed by atoms with Gasteiger partial charge < -0.3 is 19.6 Å². The molecule has 9 nitrogen and oxygen atoms in total. The molecule has 2 amide bonds. The van der Waals surface area contributed by atoms with E-state index in [1.54, 1.807) is 11.9 Å². The monoisotopic (exact) mass is 430 g/mol. The third-order valence-electron chi connectivity index (χ3n) is 5.66. The van der Waals surface area contributed by atoms with Gasteiger partial charge in [-0.1, -0.05) is 30.3 Å². The minimum Gasteiger partial charge on any atom is -0.417 e. The van der Waals surface area contributed by atoms with Gasteiger partial charge >= 0.3 is 11.8 Å². The minimum absolute atomic E-state index is 0.152. The van der Waals surface area contributed by atoms with Gasteiger partial charge in [0.05, 0.1) is 17.5 Å². The summed E-state index contributed by atoms with van der Waals surface area (Å²) in [6, 6.07) is 12.9. The van der Waals surface area contributed by atoms with Gasteiger partial charge in [-0.3, -0.25) is 9.59 Å². The number of aryl methyl sites for hydroxylation is 2. The predicted octanol–water partition coefficient (Wildman–Crippen LogP) is 2.55. The molecule has 0 fully saturated rings. The quantitative estimate of drug-likeness (QED) is 0.514. The van der Waals surface area contributed by atoms with Gasteiger partial charge in [0.2, 0.25) is 11.8 Å². The van der Waals surface area contributed by atoms with E-state index in [0.29, 0.717) is 25.2 Å². The van der Waals surface area contributed by atoms with Crippen LogP contribution in [0.1, 0.15) is 39.9 Å². The van der Waals surface area contributed by atoms with Crippen LogP contribution in [-0.2, 0) is 17.6 Å². The molecule has 4 aromatic rings. The summed E-state index contributed by atoms with van der Waals surface area (Å²) in [4.78, 5) is 35.1. The van der Waals surface area contributed by atoms with Crippen LogP contribution in [0.3, 0.4) is 0 Å². The van der Waals surface area contributed by atoms with Crippen molar-refractivity contribution in [2.45, 2.75) is 32.2 Å². The van der Waals surface area contributed by atoms with Crippen molar-refractivity contribution in [3.63, 3.8) is 0 Å². The highest BCUT2D eigenvalue weighted by Gasteiger charge is 2.31. The first kappa shape index (κ1) is 19.9. The first-order valence-corrected chi connectivity index (χ1v) is 10.4. The van der Waals surface area contributed by atoms with Gasteiger partial charge in [0, 0.05) is 12.7 Å². The molecule has 3 heterocycles. The van der Waals surface area contributed by atoms with E-state index in [-0.39, 0.29) is 11.8 Å². The topological polar surface area (TPSA) is 117 Å². The number of benzene rings is 2. The molecule has 162 valence electrons. The molecule has 0 unspecified atom stereocenters. The third kappa shape index (κ3) is 3.73. The van der Waals surface area contributed by atoms with Crippen molar-refractivity contribution in [3.8, 4) is 0 Å². The molecule has 0 saturated heterocycles. The summed E-state index contributed by atoms with van der Waals surface area (Å²) in [5.74, 6) is 0.258. The molecule has 5 rings (SSSR count). The number of likely N-dealkylation sites (N-methyl/N-ethyl adjacent to an activating group) is 1. The van der Waals surface area contributed by atoms with Crippen LogP contribution in [0.25, 0.3) is 11.0 Å². The standard InChI is InChI=1S/C23H22N6O3/c1-13-24-17-11-15-8-9-16(23(31)29(2)19(15)12-18(17)25-13)26-21(30)22-28-27-20(32-22)10-14-6-4-3-5-7-14/h3-7,11-12,16H,8-10H2,1-2H3,(H,24,25)(H,26,30)/t16-/m0/s1. The molecule has 1 aliphatic heterocycles. The van der Waals surface area contributed by atoms with Gasteiger partial charge in [-0.25, -0.2) is 4.98 Å². The zero-order chi connectivity index (χ0) is 22.2. The largest absolute Gasteiger partial charge is 0.417 e. The number of hydrogen-bond acceptors (Lipinski definition) is 6. The molecule has 0 spiro atoms. The first-order valence-electron chi connectivity index (χ1n) is 10.4. The molecule has 0 bridgehead atoms. The Hall–Kier alpha value is -4.01. The maximum absolute atomic E-state index is 13.1. The van der Waals surface area contributed by atoms with Crippen molar-refractivity contribution in [2.75, 3.05) is 11.9 Å². The highest BCUT2D eigenvalue weighted by molar-refractivity contribution is 6.02. The van der Waals surface area contributed by atoms with Crippen LogP contribution < -0.4 is 10.2 Å². The van der Waals surface area contributed by atoms with E-state index in [1.807, 2.05) is 49.4 Å². The number of imidazole rings is 1. The Balaban J connectivity index is 1.31. The normalized spacial score (nSPS) is 16.1. The molecule has 1 atom stereocenters. The van der Waals surface area contributed by atoms with E-state index in [1.165, 1.54) is 0 Å². The Kier molecular flexibility index (Phi) is 4.93. The summed E-state index contributed by atoms with van der Waals surface area (Å²) in [5.41, 5.74) is 4.56. The molecule has 0 aliphatic carbocycles. The summed E-state index contributed by atoms with van der Waals surface area (Å²) >= 11 is 0. The number of carbonyl (C=O) groups excluding carboxylic acids is 2. The molecular weight excluding hydrogens is 408 g/mol. The van der Waals surface area contributed by atoms with Gasteiger partial charge in [-0.15, -0.1) is 10.2 Å². The zero-order valence-corrected chi connectivity index (χ0v) is 17.8. The van der Waals surface area contributed by atoms with Crippen LogP contribution in [0.4, 0.5) is 5.69 Å². The van der Waals surface area contributed by atoms with Crippen molar-refractivity contribution in [1.29, 1.82) is 0 Å². The number of rotatable bonds is 4. The number of aromatic amines is 1. The van der Waals surface area contributed by atoms with Crippen LogP contribution in [0.15, 0.2) is 46.9 Å². The smallest absolute Gasteiger partial charge is 0.309 e. The van der Waals surface area contributed by atoms with Gasteiger partial charge in [-0.2, -0.15) is 0 Å². The highest BCUT2D eigenvalue weighted by atomic mass is 16.4. The van der Waals surface area contributed by atoms with Crippen LogP contribution in [0.5, 0.6) is 0 Å². The van der Waals surface area contributed by atoms with E-state index in [9.17, 15) is 9.59 Å². The molecule has 32 heavy (non-hydrogen) atoms. The lowest BCUT2D eigenvalue weighted by Crippen LogP contribution is -2.46. The fraction of sp³-hybridized carbons (Fsp3) is 0.261. The van der Waals surface area contributed by atoms with Crippen molar-refractivity contribution in [1.82, 2.24) is 25.5 Å². The second-order valence-corrected chi connectivity index (χ2v) is 7.95. The third-order valence-corrected chi connectivity index (χ3v) is 5.66. The first-order chi connectivity index (χ1) is 15.5. The fourth-order valence-corrected chi connectivity index (χ4v) is 4.05. The maximum Gasteiger partial charge on any atom is 0.309 e. The average molecular weight is 430 g/mol. The number of amides is 2. The van der Waals surface area contributed by atoms with Crippen LogP contribution in [0, 0.1) is 6.92 Å². The zero-order valence-electron chi connectivity index (χ0n) is 17.8. The molecule has 0 radical (unpaired) electrons. The summed E-state index contributed by atoms with van der Waals surface area (Å²) in [7, 11) is 1.71. The Morgan fingerprint density at radius 3 is 2.88 bits per heavy atom. The Morgan fingerprint density at radius 2 is 2.06 bits per heavy atom. The number of H-pyrrole nitrogens is 1. The number of nitrogens with one attached hydrogen (secondary N) is 2. The van der Waals surface area contributed by atoms with E-state index in [0.717, 1.165) is 33.7 Å². The van der Waals surface area contributed by atoms with Crippen molar-refractivity contribution in [3.05, 3.63) is 71.2 Å². The van der Waals surface area contributed by atoms with E-state index in [4.69, 9.17) is 4.42 Å². The summed E-state index contributed by atoms with van der Waals surface area (Å²) < 4.78 is 5.53. The SMILES string of the molecule is Cc1nc2cc3c(cc2[nH]1)CC[C@H](NC(=O)c1nnc(Cc2ccccc2)o1)C(=O)N3C. The lowest BCUT2D eigenvalue weighted by atomic mass is 10.0. The van der Waals surface area contributed by atoms with Gasteiger partial charge in [0.25, 0.3) is 0 Å². The van der Waals surface area contributed by atoms with Crippen molar-refractivity contribution in [2.24, 2.45) is 0 Å². The van der Waals surface area contributed by atoms with E-state index < -0.39 is 11.9 Å². The molecular formula is C23H22N6O3. The average Bonchev–Trinajstić information content (AvgIpc) is 3.38. The number of anilines is 1.